The minimum Gasteiger partial charge on any atom is -0.458 e. The Hall–Kier alpha value is -1.31. The third-order valence-corrected chi connectivity index (χ3v) is 1.83. The van der Waals surface area contributed by atoms with Crippen LogP contribution in [-0.2, 0) is 9.53 Å². The topological polar surface area (TPSA) is 26.3 Å². The van der Waals surface area contributed by atoms with E-state index in [1.807, 2.05) is 19.9 Å². The number of hydrogen-bond acceptors (Lipinski definition) is 2. The molecule has 0 aliphatic rings. The van der Waals surface area contributed by atoms with Crippen molar-refractivity contribution in [3.63, 3.8) is 0 Å². The van der Waals surface area contributed by atoms with Crippen molar-refractivity contribution in [2.45, 2.75) is 33.3 Å². The normalized spacial score (nSPS) is 13.2. The lowest BCUT2D eigenvalue weighted by Gasteiger charge is -2.15. The molecule has 0 N–H and O–H groups in total. The molecular weight excluding hydrogens is 176 g/mol. The van der Waals surface area contributed by atoms with Crippen molar-refractivity contribution in [3.05, 3.63) is 36.5 Å². The fraction of sp³-hybridized carbons (Fsp3) is 0.417. The van der Waals surface area contributed by atoms with Gasteiger partial charge in [-0.2, -0.15) is 0 Å². The van der Waals surface area contributed by atoms with Crippen molar-refractivity contribution >= 4 is 5.97 Å². The van der Waals surface area contributed by atoms with Crippen LogP contribution in [0.3, 0.4) is 0 Å². The molecule has 0 rings (SSSR count). The first-order valence-electron chi connectivity index (χ1n) is 4.59. The first-order chi connectivity index (χ1) is 6.47. The summed E-state index contributed by atoms with van der Waals surface area (Å²) in [6.07, 6.45) is 4.19. The molecular formula is C12H18O2. The van der Waals surface area contributed by atoms with Gasteiger partial charge in [0.25, 0.3) is 0 Å². The summed E-state index contributed by atoms with van der Waals surface area (Å²) in [5, 5.41) is 0. The van der Waals surface area contributed by atoms with Gasteiger partial charge in [-0.3, -0.25) is 4.79 Å². The maximum Gasteiger partial charge on any atom is 0.303 e. The Balaban J connectivity index is 4.31. The summed E-state index contributed by atoms with van der Waals surface area (Å²) in [6, 6.07) is 0. The Morgan fingerprint density at radius 3 is 2.36 bits per heavy atom. The molecule has 0 amide bonds. The zero-order valence-electron chi connectivity index (χ0n) is 9.17. The van der Waals surface area contributed by atoms with Gasteiger partial charge in [-0.25, -0.2) is 0 Å². The number of hydrogen-bond donors (Lipinski definition) is 0. The van der Waals surface area contributed by atoms with Crippen molar-refractivity contribution in [2.24, 2.45) is 0 Å². The van der Waals surface area contributed by atoms with E-state index in [0.717, 1.165) is 11.1 Å². The van der Waals surface area contributed by atoms with Gasteiger partial charge in [0.2, 0.25) is 0 Å². The van der Waals surface area contributed by atoms with Crippen molar-refractivity contribution in [3.8, 4) is 0 Å². The van der Waals surface area contributed by atoms with Gasteiger partial charge in [0.05, 0.1) is 0 Å². The number of rotatable bonds is 5. The standard InChI is InChI=1S/C12H18O2/c1-6-10(4)7-8-12(9(2)3)14-11(5)13/h6-7,12H,1-2,8H2,3-5H3/b10-7+/t12-/m1/s1. The van der Waals surface area contributed by atoms with E-state index in [0.29, 0.717) is 6.42 Å². The van der Waals surface area contributed by atoms with Gasteiger partial charge >= 0.3 is 5.97 Å². The molecule has 0 saturated heterocycles. The van der Waals surface area contributed by atoms with E-state index in [1.165, 1.54) is 6.92 Å². The predicted octanol–water partition coefficient (Wildman–Crippen LogP) is 3.02. The highest BCUT2D eigenvalue weighted by molar-refractivity contribution is 5.66. The molecule has 0 aliphatic heterocycles. The van der Waals surface area contributed by atoms with Crippen LogP contribution < -0.4 is 0 Å². The van der Waals surface area contributed by atoms with E-state index >= 15 is 0 Å². The molecule has 0 saturated carbocycles. The first-order valence-corrected chi connectivity index (χ1v) is 4.59. The third-order valence-electron chi connectivity index (χ3n) is 1.83. The molecule has 0 fully saturated rings. The van der Waals surface area contributed by atoms with E-state index < -0.39 is 0 Å². The van der Waals surface area contributed by atoms with Crippen LogP contribution in [0, 0.1) is 0 Å². The highest BCUT2D eigenvalue weighted by Crippen LogP contribution is 2.11. The quantitative estimate of drug-likeness (QED) is 0.382. The Kier molecular flexibility index (Phi) is 5.61. The van der Waals surface area contributed by atoms with E-state index in [9.17, 15) is 4.79 Å². The molecule has 0 heterocycles. The van der Waals surface area contributed by atoms with Crippen LogP contribution in [0.2, 0.25) is 0 Å². The molecule has 2 nitrogen and oxygen atoms in total. The minimum absolute atomic E-state index is 0.220. The molecule has 0 radical (unpaired) electrons. The average Bonchev–Trinajstić information content (AvgIpc) is 2.10. The summed E-state index contributed by atoms with van der Waals surface area (Å²) in [5.41, 5.74) is 1.93. The molecule has 0 aromatic rings. The van der Waals surface area contributed by atoms with Crippen LogP contribution in [0.4, 0.5) is 0 Å². The maximum atomic E-state index is 10.8. The number of carbonyl (C=O) groups excluding carboxylic acids is 1. The molecule has 2 heteroatoms. The lowest BCUT2D eigenvalue weighted by atomic mass is 10.1. The average molecular weight is 194 g/mol. The largest absolute Gasteiger partial charge is 0.458 e. The molecule has 14 heavy (non-hydrogen) atoms. The molecule has 1 atom stereocenters. The summed E-state index contributed by atoms with van der Waals surface area (Å²) in [6.45, 7) is 12.6. The zero-order valence-corrected chi connectivity index (χ0v) is 9.17. The van der Waals surface area contributed by atoms with Crippen molar-refractivity contribution in [1.29, 1.82) is 0 Å². The number of carbonyl (C=O) groups is 1. The van der Waals surface area contributed by atoms with Crippen LogP contribution in [0.15, 0.2) is 36.5 Å². The smallest absolute Gasteiger partial charge is 0.303 e. The van der Waals surface area contributed by atoms with Crippen molar-refractivity contribution in [1.82, 2.24) is 0 Å². The highest BCUT2D eigenvalue weighted by Gasteiger charge is 2.10. The molecule has 78 valence electrons. The summed E-state index contributed by atoms with van der Waals surface area (Å²) < 4.78 is 5.09. The molecule has 0 bridgehead atoms. The van der Waals surface area contributed by atoms with Crippen LogP contribution in [0.25, 0.3) is 0 Å². The fourth-order valence-electron chi connectivity index (χ4n) is 0.926. The van der Waals surface area contributed by atoms with Gasteiger partial charge in [-0.15, -0.1) is 0 Å². The second kappa shape index (κ2) is 6.19. The van der Waals surface area contributed by atoms with Crippen LogP contribution in [0.5, 0.6) is 0 Å². The second-order valence-electron chi connectivity index (χ2n) is 3.33. The number of esters is 1. The van der Waals surface area contributed by atoms with Gasteiger partial charge in [0.1, 0.15) is 6.10 Å². The molecule has 0 aliphatic carbocycles. The second-order valence-corrected chi connectivity index (χ2v) is 3.33. The van der Waals surface area contributed by atoms with Gasteiger partial charge in [-0.1, -0.05) is 30.9 Å². The van der Waals surface area contributed by atoms with Gasteiger partial charge in [-0.05, 0) is 19.4 Å². The SMILES string of the molecule is C=C/C(C)=C/C[C@@H](OC(C)=O)C(=C)C. The van der Waals surface area contributed by atoms with E-state index in [4.69, 9.17) is 4.74 Å². The lowest BCUT2D eigenvalue weighted by Crippen LogP contribution is -2.16. The Morgan fingerprint density at radius 1 is 1.43 bits per heavy atom. The van der Waals surface area contributed by atoms with Crippen molar-refractivity contribution < 1.29 is 9.53 Å². The first kappa shape index (κ1) is 12.7. The van der Waals surface area contributed by atoms with E-state index in [2.05, 4.69) is 13.2 Å². The summed E-state index contributed by atoms with van der Waals surface area (Å²) in [7, 11) is 0. The van der Waals surface area contributed by atoms with E-state index in [-0.39, 0.29) is 12.1 Å². The van der Waals surface area contributed by atoms with Crippen LogP contribution in [-0.4, -0.2) is 12.1 Å². The Bertz CT molecular complexity index is 261. The monoisotopic (exact) mass is 194 g/mol. The summed E-state index contributed by atoms with van der Waals surface area (Å²) in [5.74, 6) is -0.275. The minimum atomic E-state index is -0.275. The van der Waals surface area contributed by atoms with Gasteiger partial charge in [0, 0.05) is 13.3 Å². The number of ether oxygens (including phenoxy) is 1. The zero-order chi connectivity index (χ0) is 11.1. The molecule has 0 unspecified atom stereocenters. The Morgan fingerprint density at radius 2 is 2.00 bits per heavy atom. The Labute approximate surface area is 86.0 Å². The van der Waals surface area contributed by atoms with Crippen molar-refractivity contribution in [2.75, 3.05) is 0 Å². The lowest BCUT2D eigenvalue weighted by molar-refractivity contribution is -0.144. The van der Waals surface area contributed by atoms with Crippen LogP contribution >= 0.6 is 0 Å². The van der Waals surface area contributed by atoms with Crippen LogP contribution in [0.1, 0.15) is 27.2 Å². The summed E-state index contributed by atoms with van der Waals surface area (Å²) in [4.78, 5) is 10.8. The highest BCUT2D eigenvalue weighted by atomic mass is 16.5. The molecule has 0 spiro atoms. The van der Waals surface area contributed by atoms with E-state index in [1.54, 1.807) is 6.08 Å². The predicted molar refractivity (Wildman–Crippen MR) is 58.9 cm³/mol. The maximum absolute atomic E-state index is 10.8. The molecule has 0 aromatic heterocycles. The van der Waals surface area contributed by atoms with Gasteiger partial charge in [0.15, 0.2) is 0 Å². The summed E-state index contributed by atoms with van der Waals surface area (Å²) >= 11 is 0. The van der Waals surface area contributed by atoms with Gasteiger partial charge < -0.3 is 4.74 Å². The third kappa shape index (κ3) is 5.36. The molecule has 0 aromatic carbocycles. The number of allylic oxidation sites excluding steroid dienone is 2. The fourth-order valence-corrected chi connectivity index (χ4v) is 0.926.